The van der Waals surface area contributed by atoms with Gasteiger partial charge in [-0.15, -0.1) is 0 Å². The van der Waals surface area contributed by atoms with Crippen molar-refractivity contribution in [2.75, 3.05) is 10.8 Å². The summed E-state index contributed by atoms with van der Waals surface area (Å²) >= 11 is 0. The molecule has 7 nitrogen and oxygen atoms in total. The van der Waals surface area contributed by atoms with E-state index >= 15 is 0 Å². The van der Waals surface area contributed by atoms with Gasteiger partial charge in [-0.2, -0.15) is 0 Å². The molecule has 242 valence electrons. The van der Waals surface area contributed by atoms with Crippen LogP contribution in [0.4, 0.5) is 5.69 Å². The fourth-order valence-corrected chi connectivity index (χ4v) is 6.55. The Kier molecular flexibility index (Phi) is 10.7. The van der Waals surface area contributed by atoms with E-state index in [4.69, 9.17) is 0 Å². The highest BCUT2D eigenvalue weighted by atomic mass is 32.2. The number of aryl methyl sites for hydroxylation is 4. The van der Waals surface area contributed by atoms with Crippen molar-refractivity contribution in [3.05, 3.63) is 130 Å². The number of hydrogen-bond donors (Lipinski definition) is 1. The van der Waals surface area contributed by atoms with Crippen LogP contribution < -0.4 is 9.62 Å². The molecule has 4 aromatic rings. The summed E-state index contributed by atoms with van der Waals surface area (Å²) in [5, 5.41) is 3.07. The number of amides is 2. The first-order chi connectivity index (χ1) is 21.6. The summed E-state index contributed by atoms with van der Waals surface area (Å²) in [6.07, 6.45) is 0.259. The van der Waals surface area contributed by atoms with Crippen molar-refractivity contribution in [3.63, 3.8) is 0 Å². The first-order valence-corrected chi connectivity index (χ1v) is 17.0. The van der Waals surface area contributed by atoms with Gasteiger partial charge in [-0.1, -0.05) is 83.9 Å². The Bertz CT molecular complexity index is 1760. The minimum Gasteiger partial charge on any atom is -0.350 e. The van der Waals surface area contributed by atoms with Gasteiger partial charge in [0.15, 0.2) is 0 Å². The Morgan fingerprint density at radius 3 is 1.89 bits per heavy atom. The van der Waals surface area contributed by atoms with Gasteiger partial charge in [-0.3, -0.25) is 13.9 Å². The molecule has 4 rings (SSSR count). The fourth-order valence-electron chi connectivity index (χ4n) is 5.14. The largest absolute Gasteiger partial charge is 0.350 e. The Balaban J connectivity index is 1.83. The highest BCUT2D eigenvalue weighted by Gasteiger charge is 2.35. The van der Waals surface area contributed by atoms with E-state index in [0.717, 1.165) is 37.7 Å². The maximum absolute atomic E-state index is 14.6. The SMILES string of the molecule is Cc1ccc(CN(C(=O)CN(c2ccc(C)c(C)c2)S(=O)(=O)c2ccc(C)cc2)C(Cc2ccccc2)C(=O)NC(C)(C)C)cc1. The summed E-state index contributed by atoms with van der Waals surface area (Å²) in [6, 6.07) is 28.4. The van der Waals surface area contributed by atoms with Gasteiger partial charge in [-0.05, 0) is 95.0 Å². The van der Waals surface area contributed by atoms with Crippen LogP contribution in [0.2, 0.25) is 0 Å². The number of carbonyl (C=O) groups excluding carboxylic acids is 2. The molecule has 4 aromatic carbocycles. The Hall–Kier alpha value is -4.43. The van der Waals surface area contributed by atoms with Gasteiger partial charge in [0.25, 0.3) is 10.0 Å². The van der Waals surface area contributed by atoms with Gasteiger partial charge in [0, 0.05) is 18.5 Å². The Labute approximate surface area is 274 Å². The molecule has 1 atom stereocenters. The normalized spacial score (nSPS) is 12.3. The predicted molar refractivity (Wildman–Crippen MR) is 185 cm³/mol. The van der Waals surface area contributed by atoms with Crippen LogP contribution in [-0.4, -0.2) is 43.3 Å². The molecule has 8 heteroatoms. The average Bonchev–Trinajstić information content (AvgIpc) is 2.99. The predicted octanol–water partition coefficient (Wildman–Crippen LogP) is 6.67. The molecule has 0 saturated heterocycles. The second-order valence-corrected chi connectivity index (χ2v) is 14.9. The number of nitrogens with zero attached hydrogens (tertiary/aromatic N) is 2. The van der Waals surface area contributed by atoms with Gasteiger partial charge >= 0.3 is 0 Å². The van der Waals surface area contributed by atoms with E-state index in [2.05, 4.69) is 5.32 Å². The number of carbonyl (C=O) groups is 2. The van der Waals surface area contributed by atoms with Gasteiger partial charge in [0.1, 0.15) is 12.6 Å². The lowest BCUT2D eigenvalue weighted by Gasteiger charge is -2.35. The molecular weight excluding hydrogens is 595 g/mol. The second kappa shape index (κ2) is 14.3. The molecule has 0 radical (unpaired) electrons. The van der Waals surface area contributed by atoms with Crippen molar-refractivity contribution in [1.29, 1.82) is 0 Å². The van der Waals surface area contributed by atoms with Crippen molar-refractivity contribution in [2.24, 2.45) is 0 Å². The molecule has 46 heavy (non-hydrogen) atoms. The lowest BCUT2D eigenvalue weighted by molar-refractivity contribution is -0.140. The van der Waals surface area contributed by atoms with Crippen molar-refractivity contribution in [2.45, 2.75) is 77.9 Å². The summed E-state index contributed by atoms with van der Waals surface area (Å²) in [5.41, 5.74) is 5.44. The standard InChI is InChI=1S/C38H45N3O4S/c1-27-13-18-32(19-14-27)25-40(35(37(43)39-38(5,6)7)24-31-11-9-8-10-12-31)36(42)26-41(33-20-17-29(3)30(4)23-33)46(44,45)34-21-15-28(2)16-22-34/h8-23,35H,24-26H2,1-7H3,(H,39,43). The second-order valence-electron chi connectivity index (χ2n) is 13.0. The maximum atomic E-state index is 14.6. The summed E-state index contributed by atoms with van der Waals surface area (Å²) < 4.78 is 29.7. The minimum atomic E-state index is -4.16. The third-order valence-electron chi connectivity index (χ3n) is 7.91. The first-order valence-electron chi connectivity index (χ1n) is 15.5. The van der Waals surface area contributed by atoms with Crippen molar-refractivity contribution in [1.82, 2.24) is 10.2 Å². The van der Waals surface area contributed by atoms with Crippen molar-refractivity contribution >= 4 is 27.5 Å². The van der Waals surface area contributed by atoms with Crippen LogP contribution in [-0.2, 0) is 32.6 Å². The summed E-state index contributed by atoms with van der Waals surface area (Å²) in [4.78, 5) is 30.2. The van der Waals surface area contributed by atoms with Gasteiger partial charge in [-0.25, -0.2) is 8.42 Å². The zero-order valence-corrected chi connectivity index (χ0v) is 28.7. The fraction of sp³-hybridized carbons (Fsp3) is 0.316. The highest BCUT2D eigenvalue weighted by molar-refractivity contribution is 7.92. The summed E-state index contributed by atoms with van der Waals surface area (Å²) in [5.74, 6) is -0.796. The molecule has 0 heterocycles. The van der Waals surface area contributed by atoms with Gasteiger partial charge < -0.3 is 10.2 Å². The molecule has 0 bridgehead atoms. The monoisotopic (exact) mass is 639 g/mol. The average molecular weight is 640 g/mol. The Morgan fingerprint density at radius 2 is 1.33 bits per heavy atom. The lowest BCUT2D eigenvalue weighted by atomic mass is 10.0. The van der Waals surface area contributed by atoms with Gasteiger partial charge in [0.2, 0.25) is 11.8 Å². The number of sulfonamides is 1. The number of nitrogens with one attached hydrogen (secondary N) is 1. The molecule has 0 saturated carbocycles. The number of rotatable bonds is 11. The van der Waals surface area contributed by atoms with E-state index in [-0.39, 0.29) is 23.8 Å². The zero-order valence-electron chi connectivity index (χ0n) is 27.9. The third-order valence-corrected chi connectivity index (χ3v) is 9.70. The third kappa shape index (κ3) is 8.85. The van der Waals surface area contributed by atoms with Crippen LogP contribution in [0.15, 0.2) is 102 Å². The molecule has 0 fully saturated rings. The topological polar surface area (TPSA) is 86.8 Å². The van der Waals surface area contributed by atoms with Crippen LogP contribution in [0.5, 0.6) is 0 Å². The maximum Gasteiger partial charge on any atom is 0.264 e. The van der Waals surface area contributed by atoms with E-state index in [1.165, 1.54) is 4.90 Å². The van der Waals surface area contributed by atoms with E-state index in [1.807, 2.05) is 109 Å². The van der Waals surface area contributed by atoms with E-state index in [0.29, 0.717) is 5.69 Å². The van der Waals surface area contributed by atoms with Crippen LogP contribution >= 0.6 is 0 Å². The van der Waals surface area contributed by atoms with Crippen molar-refractivity contribution < 1.29 is 18.0 Å². The molecule has 0 aromatic heterocycles. The highest BCUT2D eigenvalue weighted by Crippen LogP contribution is 2.27. The zero-order chi connectivity index (χ0) is 33.6. The number of anilines is 1. The molecule has 1 N–H and O–H groups in total. The molecular formula is C38H45N3O4S. The molecule has 1 unspecified atom stereocenters. The van der Waals surface area contributed by atoms with E-state index < -0.39 is 34.1 Å². The molecule has 0 aliphatic rings. The first kappa shape index (κ1) is 34.4. The molecule has 0 aliphatic heterocycles. The molecule has 2 amide bonds. The smallest absolute Gasteiger partial charge is 0.264 e. The lowest BCUT2D eigenvalue weighted by Crippen LogP contribution is -2.56. The van der Waals surface area contributed by atoms with E-state index in [1.54, 1.807) is 36.4 Å². The molecule has 0 aliphatic carbocycles. The van der Waals surface area contributed by atoms with Crippen molar-refractivity contribution in [3.8, 4) is 0 Å². The summed E-state index contributed by atoms with van der Waals surface area (Å²) in [6.45, 7) is 13.1. The number of benzene rings is 4. The van der Waals surface area contributed by atoms with Crippen LogP contribution in [0.1, 0.15) is 54.2 Å². The minimum absolute atomic E-state index is 0.0838. The van der Waals surface area contributed by atoms with Crippen LogP contribution in [0.3, 0.4) is 0 Å². The quantitative estimate of drug-likeness (QED) is 0.199. The molecule has 0 spiro atoms. The summed E-state index contributed by atoms with van der Waals surface area (Å²) in [7, 11) is -4.16. The van der Waals surface area contributed by atoms with Gasteiger partial charge in [0.05, 0.1) is 10.6 Å². The Morgan fingerprint density at radius 1 is 0.739 bits per heavy atom. The number of hydrogen-bond acceptors (Lipinski definition) is 4. The van der Waals surface area contributed by atoms with E-state index in [9.17, 15) is 18.0 Å². The van der Waals surface area contributed by atoms with Crippen LogP contribution in [0, 0.1) is 27.7 Å². The van der Waals surface area contributed by atoms with Crippen LogP contribution in [0.25, 0.3) is 0 Å².